The molecule has 0 aliphatic carbocycles. The molecule has 0 amide bonds. The highest BCUT2D eigenvalue weighted by Crippen LogP contribution is 2.15. The summed E-state index contributed by atoms with van der Waals surface area (Å²) >= 11 is 0. The number of nitrogens with one attached hydrogen (secondary N) is 1. The van der Waals surface area contributed by atoms with Crippen molar-refractivity contribution >= 4 is 0 Å². The van der Waals surface area contributed by atoms with Crippen molar-refractivity contribution in [2.45, 2.75) is 20.3 Å². The van der Waals surface area contributed by atoms with Crippen molar-refractivity contribution in [2.24, 2.45) is 5.92 Å². The Bertz CT molecular complexity index is 353. The van der Waals surface area contributed by atoms with E-state index >= 15 is 0 Å². The van der Waals surface area contributed by atoms with E-state index in [0.29, 0.717) is 5.92 Å². The molecular formula is C15H23NO2. The molecule has 1 aromatic rings. The van der Waals surface area contributed by atoms with Gasteiger partial charge in [-0.2, -0.15) is 0 Å². The first-order valence-electron chi connectivity index (χ1n) is 6.73. The molecule has 1 aliphatic heterocycles. The van der Waals surface area contributed by atoms with Gasteiger partial charge < -0.3 is 14.8 Å². The molecule has 1 unspecified atom stereocenters. The number of benzene rings is 1. The van der Waals surface area contributed by atoms with Crippen LogP contribution in [0.2, 0.25) is 0 Å². The predicted molar refractivity (Wildman–Crippen MR) is 73.2 cm³/mol. The number of hydrogen-bond acceptors (Lipinski definition) is 3. The van der Waals surface area contributed by atoms with Crippen LogP contribution in [0.25, 0.3) is 0 Å². The zero-order valence-electron chi connectivity index (χ0n) is 11.4. The Morgan fingerprint density at radius 1 is 1.28 bits per heavy atom. The molecule has 1 N–H and O–H groups in total. The predicted octanol–water partition coefficient (Wildman–Crippen LogP) is 2.31. The van der Waals surface area contributed by atoms with Crippen LogP contribution in [-0.4, -0.2) is 32.9 Å². The van der Waals surface area contributed by atoms with E-state index in [0.717, 1.165) is 38.7 Å². The highest BCUT2D eigenvalue weighted by molar-refractivity contribution is 5.32. The van der Waals surface area contributed by atoms with E-state index in [2.05, 4.69) is 37.4 Å². The summed E-state index contributed by atoms with van der Waals surface area (Å²) in [5.41, 5.74) is 2.50. The molecule has 0 radical (unpaired) electrons. The first-order valence-corrected chi connectivity index (χ1v) is 6.73. The van der Waals surface area contributed by atoms with Gasteiger partial charge in [0.1, 0.15) is 12.4 Å². The molecule has 1 saturated heterocycles. The van der Waals surface area contributed by atoms with Gasteiger partial charge >= 0.3 is 0 Å². The molecule has 18 heavy (non-hydrogen) atoms. The monoisotopic (exact) mass is 249 g/mol. The number of ether oxygens (including phenoxy) is 2. The lowest BCUT2D eigenvalue weighted by Crippen LogP contribution is -2.27. The second-order valence-electron chi connectivity index (χ2n) is 5.11. The molecule has 0 bridgehead atoms. The van der Waals surface area contributed by atoms with Gasteiger partial charge in [0.25, 0.3) is 0 Å². The van der Waals surface area contributed by atoms with E-state index in [4.69, 9.17) is 9.47 Å². The molecule has 1 atom stereocenters. The highest BCUT2D eigenvalue weighted by atomic mass is 16.5. The van der Waals surface area contributed by atoms with E-state index in [1.807, 2.05) is 0 Å². The van der Waals surface area contributed by atoms with Gasteiger partial charge in [0.2, 0.25) is 0 Å². The standard InChI is InChI=1S/C15H23NO2/c1-12-7-13(2)9-15(8-12)18-6-4-16-10-14-3-5-17-11-14/h7-9,14,16H,3-6,10-11H2,1-2H3. The van der Waals surface area contributed by atoms with Crippen molar-refractivity contribution in [1.82, 2.24) is 5.32 Å². The molecule has 0 saturated carbocycles. The maximum absolute atomic E-state index is 5.74. The SMILES string of the molecule is Cc1cc(C)cc(OCCNCC2CCOC2)c1. The van der Waals surface area contributed by atoms with E-state index in [1.54, 1.807) is 0 Å². The fourth-order valence-electron chi connectivity index (χ4n) is 2.31. The molecule has 100 valence electrons. The van der Waals surface area contributed by atoms with Crippen molar-refractivity contribution < 1.29 is 9.47 Å². The second kappa shape index (κ2) is 6.76. The van der Waals surface area contributed by atoms with Crippen molar-refractivity contribution in [3.05, 3.63) is 29.3 Å². The second-order valence-corrected chi connectivity index (χ2v) is 5.11. The quantitative estimate of drug-likeness (QED) is 0.785. The molecule has 1 aliphatic rings. The molecule has 1 heterocycles. The van der Waals surface area contributed by atoms with Gasteiger partial charge in [0, 0.05) is 19.7 Å². The Morgan fingerprint density at radius 2 is 2.06 bits per heavy atom. The smallest absolute Gasteiger partial charge is 0.119 e. The summed E-state index contributed by atoms with van der Waals surface area (Å²) in [6.07, 6.45) is 1.19. The maximum Gasteiger partial charge on any atom is 0.119 e. The Balaban J connectivity index is 1.62. The van der Waals surface area contributed by atoms with Crippen molar-refractivity contribution in [2.75, 3.05) is 32.9 Å². The molecule has 3 nitrogen and oxygen atoms in total. The first kappa shape index (κ1) is 13.4. The summed E-state index contributed by atoms with van der Waals surface area (Å²) < 4.78 is 11.1. The van der Waals surface area contributed by atoms with Crippen LogP contribution >= 0.6 is 0 Å². The van der Waals surface area contributed by atoms with Gasteiger partial charge in [-0.1, -0.05) is 6.07 Å². The van der Waals surface area contributed by atoms with Gasteiger partial charge in [-0.3, -0.25) is 0 Å². The van der Waals surface area contributed by atoms with Crippen LogP contribution in [0.15, 0.2) is 18.2 Å². The van der Waals surface area contributed by atoms with Crippen molar-refractivity contribution in [3.63, 3.8) is 0 Å². The summed E-state index contributed by atoms with van der Waals surface area (Å²) in [5, 5.41) is 3.42. The zero-order valence-corrected chi connectivity index (χ0v) is 11.4. The molecule has 3 heteroatoms. The largest absolute Gasteiger partial charge is 0.492 e. The van der Waals surface area contributed by atoms with Crippen LogP contribution in [0.3, 0.4) is 0 Å². The third kappa shape index (κ3) is 4.31. The van der Waals surface area contributed by atoms with E-state index in [1.165, 1.54) is 17.5 Å². The minimum absolute atomic E-state index is 0.686. The van der Waals surface area contributed by atoms with Crippen LogP contribution in [0.1, 0.15) is 17.5 Å². The molecule has 0 spiro atoms. The zero-order chi connectivity index (χ0) is 12.8. The summed E-state index contributed by atoms with van der Waals surface area (Å²) in [6.45, 7) is 8.67. The van der Waals surface area contributed by atoms with Crippen molar-refractivity contribution in [1.29, 1.82) is 0 Å². The lowest BCUT2D eigenvalue weighted by atomic mass is 10.1. The fourth-order valence-corrected chi connectivity index (χ4v) is 2.31. The summed E-state index contributed by atoms with van der Waals surface area (Å²) in [4.78, 5) is 0. The van der Waals surface area contributed by atoms with Crippen LogP contribution in [0.4, 0.5) is 0 Å². The summed E-state index contributed by atoms with van der Waals surface area (Å²) in [6, 6.07) is 6.32. The van der Waals surface area contributed by atoms with Gasteiger partial charge in [-0.25, -0.2) is 0 Å². The minimum atomic E-state index is 0.686. The van der Waals surface area contributed by atoms with E-state index in [9.17, 15) is 0 Å². The Hall–Kier alpha value is -1.06. The third-order valence-corrected chi connectivity index (χ3v) is 3.20. The van der Waals surface area contributed by atoms with Crippen LogP contribution in [-0.2, 0) is 4.74 Å². The van der Waals surface area contributed by atoms with E-state index in [-0.39, 0.29) is 0 Å². The maximum atomic E-state index is 5.74. The molecule has 1 aromatic carbocycles. The fraction of sp³-hybridized carbons (Fsp3) is 0.600. The summed E-state index contributed by atoms with van der Waals surface area (Å²) in [5.74, 6) is 1.66. The highest BCUT2D eigenvalue weighted by Gasteiger charge is 2.14. The average molecular weight is 249 g/mol. The number of hydrogen-bond donors (Lipinski definition) is 1. The average Bonchev–Trinajstić information content (AvgIpc) is 2.80. The minimum Gasteiger partial charge on any atom is -0.492 e. The number of aryl methyl sites for hydroxylation is 2. The van der Waals surface area contributed by atoms with Crippen molar-refractivity contribution in [3.8, 4) is 5.75 Å². The Kier molecular flexibility index (Phi) is 5.02. The van der Waals surface area contributed by atoms with Crippen LogP contribution in [0, 0.1) is 19.8 Å². The normalized spacial score (nSPS) is 19.1. The molecule has 2 rings (SSSR count). The Labute approximate surface area is 109 Å². The lowest BCUT2D eigenvalue weighted by molar-refractivity contribution is 0.185. The van der Waals surface area contributed by atoms with Gasteiger partial charge in [-0.05, 0) is 49.4 Å². The molecule has 0 aromatic heterocycles. The Morgan fingerprint density at radius 3 is 2.72 bits per heavy atom. The first-order chi connectivity index (χ1) is 8.74. The van der Waals surface area contributed by atoms with Crippen LogP contribution < -0.4 is 10.1 Å². The molecular weight excluding hydrogens is 226 g/mol. The lowest BCUT2D eigenvalue weighted by Gasteiger charge is -2.11. The van der Waals surface area contributed by atoms with Gasteiger partial charge in [0.15, 0.2) is 0 Å². The van der Waals surface area contributed by atoms with Gasteiger partial charge in [0.05, 0.1) is 6.61 Å². The third-order valence-electron chi connectivity index (χ3n) is 3.20. The van der Waals surface area contributed by atoms with Gasteiger partial charge in [-0.15, -0.1) is 0 Å². The molecule has 1 fully saturated rings. The van der Waals surface area contributed by atoms with E-state index < -0.39 is 0 Å². The summed E-state index contributed by atoms with van der Waals surface area (Å²) in [7, 11) is 0. The number of rotatable bonds is 6. The van der Waals surface area contributed by atoms with Crippen LogP contribution in [0.5, 0.6) is 5.75 Å². The topological polar surface area (TPSA) is 30.5 Å².